The zero-order valence-corrected chi connectivity index (χ0v) is 48.1. The highest BCUT2D eigenvalue weighted by Gasteiger charge is 2.28. The van der Waals surface area contributed by atoms with E-state index in [0.29, 0.717) is 61.9 Å². The number of nitrogens with zero attached hydrogens (tertiary/aromatic N) is 8. The third kappa shape index (κ3) is 21.6. The molecule has 3 amide bonds. The lowest BCUT2D eigenvalue weighted by molar-refractivity contribution is -0.142. The first-order valence-electron chi connectivity index (χ1n) is 24.3. The van der Waals surface area contributed by atoms with E-state index in [2.05, 4.69) is 56.5 Å². The van der Waals surface area contributed by atoms with Crippen molar-refractivity contribution >= 4 is 107 Å². The van der Waals surface area contributed by atoms with Crippen molar-refractivity contribution in [1.29, 1.82) is 0 Å². The van der Waals surface area contributed by atoms with Gasteiger partial charge in [-0.25, -0.2) is 44.3 Å². The van der Waals surface area contributed by atoms with Crippen molar-refractivity contribution in [1.82, 2.24) is 45.0 Å². The number of hydrogen-bond donors (Lipinski definition) is 7. The molecule has 2 aliphatic rings. The second-order valence-corrected chi connectivity index (χ2v) is 21.4. The fourth-order valence-electron chi connectivity index (χ4n) is 6.34. The van der Waals surface area contributed by atoms with Crippen molar-refractivity contribution in [3.8, 4) is 0 Å². The Kier molecular flexibility index (Phi) is 26.4. The molecule has 4 aromatic rings. The molecule has 8 N–H and O–H groups in total. The summed E-state index contributed by atoms with van der Waals surface area (Å²) in [5.41, 5.74) is 4.30. The highest BCUT2D eigenvalue weighted by Crippen LogP contribution is 2.41. The maximum atomic E-state index is 12.5. The molecule has 4 aromatic heterocycles. The van der Waals surface area contributed by atoms with Crippen LogP contribution in [0.1, 0.15) is 141 Å². The first kappa shape index (κ1) is 63.9. The third-order valence-corrected chi connectivity index (χ3v) is 13.3. The SMILES string of the molecule is CCc1nc(NCCN)cc(Nc2ncc(C3CCC3)s2)n1.CCc1nc(NCCNC(=O)[C@H](C)N(C)C(=O)OC(C)(C)C)cc(Nc2ncc(C3CCC3)s2)n1.C[C@@H](C(=O)O)N(C)C(=O)OC(C)(C)C.S.S. The van der Waals surface area contributed by atoms with Crippen molar-refractivity contribution in [3.63, 3.8) is 0 Å². The van der Waals surface area contributed by atoms with Crippen molar-refractivity contribution in [2.45, 2.75) is 156 Å². The summed E-state index contributed by atoms with van der Waals surface area (Å²) in [6.45, 7) is 19.8. The van der Waals surface area contributed by atoms with Crippen molar-refractivity contribution in [2.24, 2.45) is 5.73 Å². The molecule has 0 unspecified atom stereocenters. The maximum Gasteiger partial charge on any atom is 0.410 e. The summed E-state index contributed by atoms with van der Waals surface area (Å²) in [5, 5.41) is 26.3. The van der Waals surface area contributed by atoms with E-state index >= 15 is 0 Å². The van der Waals surface area contributed by atoms with Crippen molar-refractivity contribution < 1.29 is 33.8 Å². The normalized spacial score (nSPS) is 13.9. The number of rotatable bonds is 19. The fourth-order valence-corrected chi connectivity index (χ4v) is 8.32. The molecule has 0 radical (unpaired) electrons. The zero-order chi connectivity index (χ0) is 52.5. The number of carboxylic acid groups (broad SMARTS) is 1. The van der Waals surface area contributed by atoms with Crippen LogP contribution in [0.5, 0.6) is 0 Å². The molecule has 73 heavy (non-hydrogen) atoms. The van der Waals surface area contributed by atoms with Crippen LogP contribution in [-0.2, 0) is 31.9 Å². The van der Waals surface area contributed by atoms with Crippen LogP contribution in [0.15, 0.2) is 24.5 Å². The lowest BCUT2D eigenvalue weighted by Crippen LogP contribution is -2.48. The van der Waals surface area contributed by atoms with Crippen LogP contribution in [0.3, 0.4) is 0 Å². The standard InChI is InChI=1S/C24H37N7O3S.C15H22N6S.C9H17NO4.2H2S/c1-7-18-28-19(13-20(29-18)30-22-27-14-17(35-22)16-9-8-10-16)25-11-12-26-21(32)15(2)31(6)23(33)34-24(3,4)5;1-2-12-19-13(17-7-6-16)8-14(20-12)21-15-18-9-11(22-15)10-4-3-5-10;1-6(7(11)12)10(5)8(13)14-9(2,3)4;;/h13-16H,7-12H2,1-6H3,(H,26,32)(H2,25,27,28,29,30);8-10H,2-7,16H2,1H3,(H2,17,18,19,20,21);6H,1-5H3,(H,11,12);2*1H2/t15-;;6-;;/m0.0../s1. The molecule has 2 aliphatic carbocycles. The Morgan fingerprint density at radius 2 is 1.08 bits per heavy atom. The van der Waals surface area contributed by atoms with Crippen LogP contribution in [0, 0.1) is 0 Å². The monoisotopic (exact) mass is 1090 g/mol. The smallest absolute Gasteiger partial charge is 0.410 e. The Bertz CT molecular complexity index is 2350. The number of nitrogens with one attached hydrogen (secondary N) is 5. The van der Waals surface area contributed by atoms with Crippen LogP contribution in [-0.4, -0.2) is 132 Å². The van der Waals surface area contributed by atoms with Gasteiger partial charge in [-0.3, -0.25) is 14.6 Å². The topological polar surface area (TPSA) is 277 Å². The first-order chi connectivity index (χ1) is 33.5. The molecule has 0 saturated heterocycles. The van der Waals surface area contributed by atoms with E-state index in [0.717, 1.165) is 39.0 Å². The molecule has 2 saturated carbocycles. The van der Waals surface area contributed by atoms with Gasteiger partial charge in [-0.15, -0.1) is 22.7 Å². The highest BCUT2D eigenvalue weighted by molar-refractivity contribution is 7.59. The minimum Gasteiger partial charge on any atom is -0.480 e. The lowest BCUT2D eigenvalue weighted by atomic mass is 9.85. The largest absolute Gasteiger partial charge is 0.480 e. The van der Waals surface area contributed by atoms with E-state index in [9.17, 15) is 19.2 Å². The summed E-state index contributed by atoms with van der Waals surface area (Å²) < 4.78 is 10.3. The van der Waals surface area contributed by atoms with E-state index in [1.807, 2.05) is 38.4 Å². The van der Waals surface area contributed by atoms with Gasteiger partial charge < -0.3 is 46.9 Å². The molecule has 2 atom stereocenters. The number of aliphatic carboxylic acids is 1. The molecule has 21 nitrogen and oxygen atoms in total. The quantitative estimate of drug-likeness (QED) is 0.0432. The fraction of sp³-hybridized carbons (Fsp3) is 0.625. The number of hydrogen-bond acceptors (Lipinski definition) is 19. The van der Waals surface area contributed by atoms with E-state index in [1.165, 1.54) is 67.2 Å². The van der Waals surface area contributed by atoms with E-state index in [4.69, 9.17) is 20.3 Å². The summed E-state index contributed by atoms with van der Waals surface area (Å²) >= 11 is 3.40. The van der Waals surface area contributed by atoms with Gasteiger partial charge in [0.25, 0.3) is 0 Å². The van der Waals surface area contributed by atoms with Crippen LogP contribution < -0.4 is 32.3 Å². The zero-order valence-electron chi connectivity index (χ0n) is 44.5. The molecule has 4 heterocycles. The molecule has 2 fully saturated rings. The average Bonchev–Trinajstić information content (AvgIpc) is 3.92. The average molecular weight is 1090 g/mol. The van der Waals surface area contributed by atoms with Crippen LogP contribution >= 0.6 is 49.7 Å². The molecular formula is C48H80N14O7S4. The van der Waals surface area contributed by atoms with Gasteiger partial charge in [0.15, 0.2) is 10.3 Å². The highest BCUT2D eigenvalue weighted by atomic mass is 32.1. The Balaban J connectivity index is 0.000000411. The minimum atomic E-state index is -1.06. The van der Waals surface area contributed by atoms with Gasteiger partial charge in [-0.1, -0.05) is 26.7 Å². The number of carbonyl (C=O) groups is 4. The number of carboxylic acids is 1. The van der Waals surface area contributed by atoms with E-state index in [-0.39, 0.29) is 32.9 Å². The number of nitrogens with two attached hydrogens (primary N) is 1. The summed E-state index contributed by atoms with van der Waals surface area (Å²) in [5.74, 6) is 4.50. The van der Waals surface area contributed by atoms with Gasteiger partial charge in [0.2, 0.25) is 5.91 Å². The summed E-state index contributed by atoms with van der Waals surface area (Å²) in [6, 6.07) is 2.20. The molecule has 0 bridgehead atoms. The van der Waals surface area contributed by atoms with Crippen molar-refractivity contribution in [2.75, 3.05) is 61.5 Å². The summed E-state index contributed by atoms with van der Waals surface area (Å²) in [6.07, 6.45) is 12.0. The number of aromatic nitrogens is 6. The molecule has 0 spiro atoms. The molecule has 408 valence electrons. The summed E-state index contributed by atoms with van der Waals surface area (Å²) in [7, 11) is 2.95. The number of aryl methyl sites for hydroxylation is 2. The van der Waals surface area contributed by atoms with Gasteiger partial charge in [-0.05, 0) is 92.9 Å². The predicted octanol–water partition coefficient (Wildman–Crippen LogP) is 8.72. The Labute approximate surface area is 452 Å². The molecule has 25 heteroatoms. The minimum absolute atomic E-state index is 0. The van der Waals surface area contributed by atoms with Gasteiger partial charge in [0.1, 0.15) is 58.2 Å². The first-order valence-corrected chi connectivity index (χ1v) is 25.9. The Morgan fingerprint density at radius 1 is 0.685 bits per heavy atom. The van der Waals surface area contributed by atoms with Gasteiger partial charge >= 0.3 is 18.2 Å². The number of amides is 3. The molecule has 0 aromatic carbocycles. The third-order valence-electron chi connectivity index (χ3n) is 11.2. The van der Waals surface area contributed by atoms with E-state index in [1.54, 1.807) is 78.2 Å². The second-order valence-electron chi connectivity index (χ2n) is 19.3. The number of thiazole rings is 2. The van der Waals surface area contributed by atoms with Gasteiger partial charge in [0.05, 0.1) is 0 Å². The van der Waals surface area contributed by atoms with Crippen molar-refractivity contribution in [3.05, 3.63) is 45.9 Å². The Morgan fingerprint density at radius 3 is 1.44 bits per heavy atom. The molecule has 0 aliphatic heterocycles. The number of anilines is 6. The number of likely N-dealkylation sites (N-methyl/N-ethyl adjacent to an activating group) is 2. The van der Waals surface area contributed by atoms with Crippen LogP contribution in [0.2, 0.25) is 0 Å². The Hall–Kier alpha value is -5.24. The van der Waals surface area contributed by atoms with Gasteiger partial charge in [0, 0.05) is 87.4 Å². The molecular weight excluding hydrogens is 1010 g/mol. The van der Waals surface area contributed by atoms with E-state index < -0.39 is 41.4 Å². The number of carbonyl (C=O) groups excluding carboxylic acids is 3. The lowest BCUT2D eigenvalue weighted by Gasteiger charge is -2.28. The number of ether oxygens (including phenoxy) is 2. The maximum absolute atomic E-state index is 12.5. The van der Waals surface area contributed by atoms with Gasteiger partial charge in [-0.2, -0.15) is 27.0 Å². The predicted molar refractivity (Wildman–Crippen MR) is 301 cm³/mol. The molecule has 6 rings (SSSR count). The summed E-state index contributed by atoms with van der Waals surface area (Å²) in [4.78, 5) is 78.6. The van der Waals surface area contributed by atoms with Crippen LogP contribution in [0.25, 0.3) is 0 Å². The van der Waals surface area contributed by atoms with Crippen LogP contribution in [0.4, 0.5) is 43.1 Å². The second kappa shape index (κ2) is 30.2.